The number of imidazole rings is 2. The van der Waals surface area contributed by atoms with E-state index in [1.54, 1.807) is 0 Å². The Balaban J connectivity index is 1.70. The summed E-state index contributed by atoms with van der Waals surface area (Å²) in [6, 6.07) is 40.3. The number of aromatic nitrogens is 4. The van der Waals surface area contributed by atoms with Crippen molar-refractivity contribution < 1.29 is 9.15 Å². The molecular formula is C32H20N4O2. The van der Waals surface area contributed by atoms with Gasteiger partial charge in [-0.2, -0.15) is 0 Å². The fourth-order valence-electron chi connectivity index (χ4n) is 5.26. The first-order valence-electron chi connectivity index (χ1n) is 12.4. The van der Waals surface area contributed by atoms with Gasteiger partial charge in [0.1, 0.15) is 22.3 Å². The number of hydrogen-bond acceptors (Lipinski definition) is 4. The largest absolute Gasteiger partial charge is 0.292 e. The van der Waals surface area contributed by atoms with Crippen molar-refractivity contribution >= 4 is 55.3 Å². The zero-order chi connectivity index (χ0) is 25.1. The van der Waals surface area contributed by atoms with Crippen molar-refractivity contribution in [3.05, 3.63) is 121 Å². The van der Waals surface area contributed by atoms with E-state index in [-0.39, 0.29) is 0 Å². The van der Waals surface area contributed by atoms with Gasteiger partial charge in [0.15, 0.2) is 11.2 Å². The van der Waals surface area contributed by atoms with Gasteiger partial charge in [-0.1, -0.05) is 60.7 Å². The molecule has 0 spiro atoms. The lowest BCUT2D eigenvalue weighted by Crippen LogP contribution is -1.95. The Bertz CT molecular complexity index is 2030. The highest BCUT2D eigenvalue weighted by Gasteiger charge is 2.19. The summed E-state index contributed by atoms with van der Waals surface area (Å²) < 4.78 is 16.3. The lowest BCUT2D eigenvalue weighted by molar-refractivity contribution is 0.0912. The van der Waals surface area contributed by atoms with E-state index in [1.807, 2.05) is 84.9 Å². The Morgan fingerprint density at radius 3 is 1.26 bits per heavy atom. The van der Waals surface area contributed by atoms with E-state index >= 15 is 0 Å². The molecule has 8 aromatic rings. The van der Waals surface area contributed by atoms with Gasteiger partial charge in [-0.25, -0.2) is 9.97 Å². The third kappa shape index (κ3) is 3.01. The van der Waals surface area contributed by atoms with Crippen LogP contribution in [0.5, 0.6) is 0 Å². The number of para-hydroxylation sites is 4. The third-order valence-corrected chi connectivity index (χ3v) is 6.96. The summed E-state index contributed by atoms with van der Waals surface area (Å²) in [5.41, 5.74) is 8.24. The van der Waals surface area contributed by atoms with Gasteiger partial charge in [-0.15, -0.1) is 0 Å². The molecule has 0 fully saturated rings. The van der Waals surface area contributed by atoms with E-state index in [1.165, 1.54) is 0 Å². The molecule has 0 radical (unpaired) electrons. The summed E-state index contributed by atoms with van der Waals surface area (Å²) >= 11 is 0. The van der Waals surface area contributed by atoms with Crippen LogP contribution in [-0.2, 0) is 0 Å². The van der Waals surface area contributed by atoms with Crippen LogP contribution in [-0.4, -0.2) is 19.1 Å². The van der Waals surface area contributed by atoms with Crippen LogP contribution in [0.4, 0.5) is 0 Å². The van der Waals surface area contributed by atoms with Crippen molar-refractivity contribution in [2.45, 2.75) is 0 Å². The molecule has 0 saturated heterocycles. The number of hydrogen-bond donors (Lipinski definition) is 0. The quantitative estimate of drug-likeness (QED) is 0.229. The van der Waals surface area contributed by atoms with E-state index < -0.39 is 0 Å². The molecule has 0 aliphatic heterocycles. The summed E-state index contributed by atoms with van der Waals surface area (Å²) in [6.45, 7) is 0. The molecular weight excluding hydrogens is 472 g/mol. The van der Waals surface area contributed by atoms with Crippen molar-refractivity contribution in [3.8, 4) is 11.4 Å². The van der Waals surface area contributed by atoms with E-state index in [2.05, 4.69) is 45.5 Å². The molecule has 180 valence electrons. The van der Waals surface area contributed by atoms with Crippen LogP contribution in [0.1, 0.15) is 0 Å². The molecule has 0 saturated carbocycles. The van der Waals surface area contributed by atoms with E-state index in [0.29, 0.717) is 11.2 Å². The molecule has 3 aromatic heterocycles. The number of nitrogens with zero attached hydrogens (tertiary/aromatic N) is 4. The molecule has 38 heavy (non-hydrogen) atoms. The van der Waals surface area contributed by atoms with Crippen LogP contribution in [0, 0.1) is 0 Å². The van der Waals surface area contributed by atoms with E-state index in [4.69, 9.17) is 19.1 Å². The first kappa shape index (κ1) is 20.8. The van der Waals surface area contributed by atoms with Crippen molar-refractivity contribution in [2.75, 3.05) is 0 Å². The normalized spacial score (nSPS) is 11.7. The van der Waals surface area contributed by atoms with Crippen LogP contribution in [0.15, 0.2) is 130 Å². The summed E-state index contributed by atoms with van der Waals surface area (Å²) in [6.07, 6.45) is 0. The monoisotopic (exact) mass is 492 g/mol. The van der Waals surface area contributed by atoms with Gasteiger partial charge in [0, 0.05) is 11.4 Å². The Kier molecular flexibility index (Phi) is 4.42. The SMILES string of the molecule is c1ccc(-n2c3ccc4c5nc(c6ccccc6ooc6ccccc6c2nc53)n4-c2ccccc2)cc1. The van der Waals surface area contributed by atoms with E-state index in [9.17, 15) is 0 Å². The average molecular weight is 493 g/mol. The molecule has 0 aliphatic rings. The molecule has 3 heterocycles. The van der Waals surface area contributed by atoms with Gasteiger partial charge in [-0.05, 0) is 60.7 Å². The smallest absolute Gasteiger partial charge is 0.189 e. The van der Waals surface area contributed by atoms with Gasteiger partial charge in [0.2, 0.25) is 0 Å². The minimum atomic E-state index is 0.579. The van der Waals surface area contributed by atoms with Gasteiger partial charge in [0.05, 0.1) is 21.8 Å². The topological polar surface area (TPSA) is 61.9 Å². The van der Waals surface area contributed by atoms with Crippen LogP contribution in [0.2, 0.25) is 0 Å². The first-order chi connectivity index (χ1) is 18.9. The Labute approximate surface area is 216 Å². The Morgan fingerprint density at radius 1 is 0.421 bits per heavy atom. The first-order valence-corrected chi connectivity index (χ1v) is 12.4. The van der Waals surface area contributed by atoms with Gasteiger partial charge in [-0.3, -0.25) is 18.3 Å². The molecule has 0 amide bonds. The number of fused-ring (bicyclic) bond motifs is 6. The average Bonchev–Trinajstić information content (AvgIpc) is 3.56. The number of rotatable bonds is 2. The van der Waals surface area contributed by atoms with Gasteiger partial charge >= 0.3 is 0 Å². The fraction of sp³-hybridized carbons (Fsp3) is 0. The Hall–Kier alpha value is -5.36. The maximum atomic E-state index is 6.02. The summed E-state index contributed by atoms with van der Waals surface area (Å²) in [5, 5.41) is 1.64. The van der Waals surface area contributed by atoms with Gasteiger partial charge in [0.25, 0.3) is 0 Å². The molecule has 8 rings (SSSR count). The van der Waals surface area contributed by atoms with Crippen LogP contribution in [0.25, 0.3) is 66.7 Å². The second-order valence-electron chi connectivity index (χ2n) is 9.17. The summed E-state index contributed by atoms with van der Waals surface area (Å²) in [7, 11) is 0. The minimum Gasteiger partial charge on any atom is -0.292 e. The van der Waals surface area contributed by atoms with E-state index in [0.717, 1.165) is 55.5 Å². The fourth-order valence-corrected chi connectivity index (χ4v) is 5.26. The molecule has 5 aromatic carbocycles. The molecule has 6 nitrogen and oxygen atoms in total. The Morgan fingerprint density at radius 2 is 0.816 bits per heavy atom. The van der Waals surface area contributed by atoms with Crippen molar-refractivity contribution in [1.82, 2.24) is 19.1 Å². The highest BCUT2D eigenvalue weighted by Crippen LogP contribution is 2.34. The maximum absolute atomic E-state index is 6.02. The molecule has 0 unspecified atom stereocenters. The third-order valence-electron chi connectivity index (χ3n) is 6.96. The lowest BCUT2D eigenvalue weighted by atomic mass is 10.2. The van der Waals surface area contributed by atoms with Crippen LogP contribution >= 0.6 is 0 Å². The lowest BCUT2D eigenvalue weighted by Gasteiger charge is -2.08. The van der Waals surface area contributed by atoms with Crippen molar-refractivity contribution in [1.29, 1.82) is 0 Å². The van der Waals surface area contributed by atoms with Crippen LogP contribution in [0.3, 0.4) is 0 Å². The number of benzene rings is 5. The zero-order valence-corrected chi connectivity index (χ0v) is 20.2. The summed E-state index contributed by atoms with van der Waals surface area (Å²) in [4.78, 5) is 10.4. The summed E-state index contributed by atoms with van der Waals surface area (Å²) in [5.74, 6) is 0. The maximum Gasteiger partial charge on any atom is 0.189 e. The molecule has 0 N–H and O–H groups in total. The molecule has 4 bridgehead atoms. The predicted molar refractivity (Wildman–Crippen MR) is 150 cm³/mol. The van der Waals surface area contributed by atoms with Crippen LogP contribution < -0.4 is 0 Å². The predicted octanol–water partition coefficient (Wildman–Crippen LogP) is 8.13. The molecule has 0 aliphatic carbocycles. The highest BCUT2D eigenvalue weighted by molar-refractivity contribution is 6.09. The second kappa shape index (κ2) is 8.08. The molecule has 6 heteroatoms. The van der Waals surface area contributed by atoms with Crippen molar-refractivity contribution in [2.24, 2.45) is 0 Å². The zero-order valence-electron chi connectivity index (χ0n) is 20.2. The standard InChI is InChI=1S/C32H20N4O2/c1-3-11-21(12-4-1)35-25-19-20-26-30-29(25)33-31(35)23-15-7-9-17-27(23)37-38-28-18-10-8-16-24(28)32(34-30)36(26)22-13-5-2-6-14-22/h1-20H. The highest BCUT2D eigenvalue weighted by atomic mass is 17.0. The van der Waals surface area contributed by atoms with Crippen molar-refractivity contribution in [3.63, 3.8) is 0 Å². The van der Waals surface area contributed by atoms with Gasteiger partial charge < -0.3 is 0 Å². The molecule has 0 atom stereocenters. The second-order valence-corrected chi connectivity index (χ2v) is 9.17. The minimum absolute atomic E-state index is 0.579.